The topological polar surface area (TPSA) is 47.3 Å². The van der Waals surface area contributed by atoms with Crippen molar-refractivity contribution < 1.29 is 4.79 Å². The van der Waals surface area contributed by atoms with Crippen LogP contribution in [0.15, 0.2) is 18.3 Å². The summed E-state index contributed by atoms with van der Waals surface area (Å²) in [7, 11) is 0. The van der Waals surface area contributed by atoms with Gasteiger partial charge in [0.2, 0.25) is 0 Å². The van der Waals surface area contributed by atoms with Gasteiger partial charge >= 0.3 is 0 Å². The number of imidazole rings is 1. The lowest BCUT2D eigenvalue weighted by molar-refractivity contribution is 0.111. The quantitative estimate of drug-likeness (QED) is 0.696. The number of rotatable bonds is 2. The maximum atomic E-state index is 10.6. The van der Waals surface area contributed by atoms with Gasteiger partial charge < -0.3 is 0 Å². The molecule has 0 radical (unpaired) electrons. The number of fused-ring (bicyclic) bond motifs is 1. The molecule has 3 rings (SSSR count). The van der Waals surface area contributed by atoms with Gasteiger partial charge in [-0.15, -0.1) is 0 Å². The Labute approximate surface area is 86.9 Å². The summed E-state index contributed by atoms with van der Waals surface area (Å²) in [5, 5.41) is 4.14. The predicted octanol–water partition coefficient (Wildman–Crippen LogP) is 1.81. The van der Waals surface area contributed by atoms with E-state index in [-0.39, 0.29) is 0 Å². The van der Waals surface area contributed by atoms with Crippen molar-refractivity contribution in [2.45, 2.75) is 25.2 Å². The molecule has 0 spiro atoms. The lowest BCUT2D eigenvalue weighted by Gasteiger charge is -2.22. The monoisotopic (exact) mass is 201 g/mol. The second-order valence-corrected chi connectivity index (χ2v) is 3.97. The van der Waals surface area contributed by atoms with Crippen LogP contribution in [0.3, 0.4) is 0 Å². The van der Waals surface area contributed by atoms with Crippen molar-refractivity contribution >= 4 is 11.9 Å². The molecule has 0 atom stereocenters. The Morgan fingerprint density at radius 1 is 1.40 bits per heavy atom. The second kappa shape index (κ2) is 3.15. The smallest absolute Gasteiger partial charge is 0.170 e. The number of carbonyl (C=O) groups excluding carboxylic acids is 1. The number of aldehydes is 1. The Bertz CT molecular complexity index is 514. The number of hydrogen-bond acceptors (Lipinski definition) is 3. The zero-order chi connectivity index (χ0) is 10.3. The molecule has 1 aliphatic rings. The summed E-state index contributed by atoms with van der Waals surface area (Å²) in [5.74, 6) is 0.603. The van der Waals surface area contributed by atoms with Gasteiger partial charge in [-0.3, -0.25) is 4.79 Å². The first kappa shape index (κ1) is 8.59. The lowest BCUT2D eigenvalue weighted by atomic mass is 9.83. The Balaban J connectivity index is 2.08. The molecule has 2 aromatic rings. The molecule has 0 N–H and O–H groups in total. The molecule has 0 unspecified atom stereocenters. The molecular weight excluding hydrogens is 190 g/mol. The van der Waals surface area contributed by atoms with Crippen LogP contribution in [0.1, 0.15) is 41.4 Å². The minimum atomic E-state index is 0.444. The van der Waals surface area contributed by atoms with Crippen molar-refractivity contribution in [2.75, 3.05) is 0 Å². The van der Waals surface area contributed by atoms with Gasteiger partial charge in [0.1, 0.15) is 5.69 Å². The minimum absolute atomic E-state index is 0.444. The molecule has 1 aliphatic carbocycles. The van der Waals surface area contributed by atoms with Gasteiger partial charge in [0.05, 0.1) is 11.9 Å². The fourth-order valence-electron chi connectivity index (χ4n) is 1.88. The van der Waals surface area contributed by atoms with E-state index in [0.29, 0.717) is 11.6 Å². The summed E-state index contributed by atoms with van der Waals surface area (Å²) < 4.78 is 1.69. The number of carbonyl (C=O) groups is 1. The Morgan fingerprint density at radius 3 is 2.93 bits per heavy atom. The average Bonchev–Trinajstić information content (AvgIpc) is 2.56. The Kier molecular flexibility index (Phi) is 1.80. The molecular formula is C11H11N3O. The first-order chi connectivity index (χ1) is 7.36. The first-order valence-corrected chi connectivity index (χ1v) is 5.18. The molecule has 76 valence electrons. The first-order valence-electron chi connectivity index (χ1n) is 5.18. The molecule has 1 fully saturated rings. The van der Waals surface area contributed by atoms with Crippen molar-refractivity contribution in [3.8, 4) is 0 Å². The number of hydrogen-bond donors (Lipinski definition) is 0. The van der Waals surface area contributed by atoms with E-state index in [1.54, 1.807) is 10.6 Å². The fraction of sp³-hybridized carbons (Fsp3) is 0.364. The van der Waals surface area contributed by atoms with E-state index in [4.69, 9.17) is 0 Å². The van der Waals surface area contributed by atoms with Crippen molar-refractivity contribution in [2.24, 2.45) is 0 Å². The molecule has 0 aliphatic heterocycles. The highest BCUT2D eigenvalue weighted by atomic mass is 16.1. The molecule has 4 nitrogen and oxygen atoms in total. The highest BCUT2D eigenvalue weighted by molar-refractivity contribution is 5.71. The maximum Gasteiger partial charge on any atom is 0.170 e. The van der Waals surface area contributed by atoms with Gasteiger partial charge in [0, 0.05) is 5.92 Å². The van der Waals surface area contributed by atoms with E-state index in [2.05, 4.69) is 10.1 Å². The van der Waals surface area contributed by atoms with Gasteiger partial charge in [-0.2, -0.15) is 5.10 Å². The van der Waals surface area contributed by atoms with Crippen LogP contribution in [0.2, 0.25) is 0 Å². The van der Waals surface area contributed by atoms with E-state index in [9.17, 15) is 4.79 Å². The van der Waals surface area contributed by atoms with Crippen molar-refractivity contribution in [3.63, 3.8) is 0 Å². The van der Waals surface area contributed by atoms with Crippen LogP contribution in [0.5, 0.6) is 0 Å². The van der Waals surface area contributed by atoms with Crippen LogP contribution >= 0.6 is 0 Å². The van der Waals surface area contributed by atoms with Crippen molar-refractivity contribution in [1.29, 1.82) is 0 Å². The van der Waals surface area contributed by atoms with E-state index in [1.807, 2.05) is 12.3 Å². The average molecular weight is 201 g/mol. The zero-order valence-corrected chi connectivity index (χ0v) is 8.26. The normalized spacial score (nSPS) is 16.5. The summed E-state index contributed by atoms with van der Waals surface area (Å²) in [6.07, 6.45) is 6.44. The van der Waals surface area contributed by atoms with E-state index < -0.39 is 0 Å². The summed E-state index contributed by atoms with van der Waals surface area (Å²) in [6.45, 7) is 0. The van der Waals surface area contributed by atoms with Crippen molar-refractivity contribution in [1.82, 2.24) is 14.6 Å². The molecule has 0 saturated heterocycles. The fourth-order valence-corrected chi connectivity index (χ4v) is 1.88. The Morgan fingerprint density at radius 2 is 2.27 bits per heavy atom. The minimum Gasteiger partial charge on any atom is -0.296 e. The van der Waals surface area contributed by atoms with Crippen molar-refractivity contribution in [3.05, 3.63) is 29.7 Å². The van der Waals surface area contributed by atoms with Crippen LogP contribution in [-0.2, 0) is 0 Å². The molecule has 1 saturated carbocycles. The molecule has 4 heteroatoms. The molecule has 15 heavy (non-hydrogen) atoms. The summed E-state index contributed by atoms with van der Waals surface area (Å²) >= 11 is 0. The third-order valence-corrected chi connectivity index (χ3v) is 3.00. The SMILES string of the molecule is O=Cc1ccc2nc(C3CCC3)cn2n1. The predicted molar refractivity (Wildman–Crippen MR) is 55.0 cm³/mol. The summed E-state index contributed by atoms with van der Waals surface area (Å²) in [4.78, 5) is 15.1. The van der Waals surface area contributed by atoms with Gasteiger partial charge in [-0.1, -0.05) is 6.42 Å². The molecule has 2 aromatic heterocycles. The highest BCUT2D eigenvalue weighted by Crippen LogP contribution is 2.35. The third kappa shape index (κ3) is 1.33. The third-order valence-electron chi connectivity index (χ3n) is 3.00. The van der Waals surface area contributed by atoms with E-state index in [0.717, 1.165) is 17.6 Å². The molecule has 0 bridgehead atoms. The van der Waals surface area contributed by atoms with E-state index in [1.165, 1.54) is 19.3 Å². The lowest BCUT2D eigenvalue weighted by Crippen LogP contribution is -2.08. The van der Waals surface area contributed by atoms with Crippen LogP contribution in [0.4, 0.5) is 0 Å². The zero-order valence-electron chi connectivity index (χ0n) is 8.26. The van der Waals surface area contributed by atoms with Crippen LogP contribution in [0, 0.1) is 0 Å². The summed E-state index contributed by atoms with van der Waals surface area (Å²) in [5.41, 5.74) is 2.37. The number of nitrogens with zero attached hydrogens (tertiary/aromatic N) is 3. The molecule has 0 aromatic carbocycles. The molecule has 0 amide bonds. The molecule has 2 heterocycles. The number of aromatic nitrogens is 3. The highest BCUT2D eigenvalue weighted by Gasteiger charge is 2.22. The van der Waals surface area contributed by atoms with Gasteiger partial charge in [-0.25, -0.2) is 9.50 Å². The summed E-state index contributed by atoms with van der Waals surface area (Å²) in [6, 6.07) is 3.53. The van der Waals surface area contributed by atoms with Crippen LogP contribution in [0.25, 0.3) is 5.65 Å². The standard InChI is InChI=1S/C11H11N3O/c15-7-9-4-5-11-12-10(6-14(11)13-9)8-2-1-3-8/h4-8H,1-3H2. The Hall–Kier alpha value is -1.71. The van der Waals surface area contributed by atoms with Gasteiger partial charge in [0.25, 0.3) is 0 Å². The van der Waals surface area contributed by atoms with Gasteiger partial charge in [0.15, 0.2) is 11.9 Å². The van der Waals surface area contributed by atoms with Gasteiger partial charge in [-0.05, 0) is 25.0 Å². The maximum absolute atomic E-state index is 10.6. The largest absolute Gasteiger partial charge is 0.296 e. The van der Waals surface area contributed by atoms with E-state index >= 15 is 0 Å². The van der Waals surface area contributed by atoms with Crippen LogP contribution in [-0.4, -0.2) is 20.9 Å². The van der Waals surface area contributed by atoms with Crippen LogP contribution < -0.4 is 0 Å². The second-order valence-electron chi connectivity index (χ2n) is 3.97.